The van der Waals surface area contributed by atoms with E-state index in [0.717, 1.165) is 0 Å². The lowest BCUT2D eigenvalue weighted by atomic mass is 10.1. The van der Waals surface area contributed by atoms with Gasteiger partial charge in [-0.05, 0) is 0 Å². The Morgan fingerprint density at radius 1 is 1.42 bits per heavy atom. The van der Waals surface area contributed by atoms with Crippen LogP contribution in [0.15, 0.2) is 12.1 Å². The van der Waals surface area contributed by atoms with Crippen LogP contribution in [-0.4, -0.2) is 23.6 Å². The summed E-state index contributed by atoms with van der Waals surface area (Å²) in [7, 11) is 0. The van der Waals surface area contributed by atoms with E-state index in [1.165, 1.54) is 5.32 Å². The van der Waals surface area contributed by atoms with Crippen molar-refractivity contribution in [1.82, 2.24) is 5.32 Å². The Balaban J connectivity index is 3.03. The number of hydrogen-bond donors (Lipinski definition) is 2. The third-order valence-electron chi connectivity index (χ3n) is 2.01. The van der Waals surface area contributed by atoms with E-state index < -0.39 is 46.3 Å². The molecule has 10 heteroatoms. The van der Waals surface area contributed by atoms with Gasteiger partial charge >= 0.3 is 6.18 Å². The van der Waals surface area contributed by atoms with Crippen LogP contribution < -0.4 is 11.1 Å². The summed E-state index contributed by atoms with van der Waals surface area (Å²) in [5.74, 6) is -2.67. The normalized spacial score (nSPS) is 11.2. The first-order valence-electron chi connectivity index (χ1n) is 4.70. The zero-order chi connectivity index (χ0) is 14.8. The number of benzene rings is 1. The number of nitrogens with two attached hydrogens (primary N) is 1. The Labute approximate surface area is 103 Å². The summed E-state index contributed by atoms with van der Waals surface area (Å²) >= 11 is 0. The van der Waals surface area contributed by atoms with Crippen molar-refractivity contribution >= 4 is 17.3 Å². The molecule has 0 fully saturated rings. The van der Waals surface area contributed by atoms with Gasteiger partial charge in [-0.2, -0.15) is 13.2 Å². The van der Waals surface area contributed by atoms with Crippen LogP contribution in [0.1, 0.15) is 10.4 Å². The number of halogens is 4. The first-order chi connectivity index (χ1) is 8.61. The van der Waals surface area contributed by atoms with E-state index >= 15 is 0 Å². The van der Waals surface area contributed by atoms with Gasteiger partial charge in [0.15, 0.2) is 0 Å². The minimum atomic E-state index is -4.67. The molecule has 1 amide bonds. The molecule has 0 unspecified atom stereocenters. The lowest BCUT2D eigenvalue weighted by Crippen LogP contribution is -2.34. The lowest BCUT2D eigenvalue weighted by molar-refractivity contribution is -0.384. The van der Waals surface area contributed by atoms with Gasteiger partial charge in [0.05, 0.1) is 10.5 Å². The number of nitro groups is 1. The van der Waals surface area contributed by atoms with Gasteiger partial charge in [0.1, 0.15) is 18.0 Å². The lowest BCUT2D eigenvalue weighted by Gasteiger charge is -2.09. The number of carbonyl (C=O) groups is 1. The highest BCUT2D eigenvalue weighted by molar-refractivity contribution is 5.96. The molecule has 1 aromatic rings. The number of amides is 1. The number of nitrogens with one attached hydrogen (secondary N) is 1. The molecule has 3 N–H and O–H groups in total. The molecule has 0 heterocycles. The Morgan fingerprint density at radius 3 is 2.47 bits per heavy atom. The highest BCUT2D eigenvalue weighted by atomic mass is 19.4. The summed E-state index contributed by atoms with van der Waals surface area (Å²) in [5, 5.41) is 11.9. The van der Waals surface area contributed by atoms with Crippen LogP contribution in [0, 0.1) is 15.9 Å². The fraction of sp³-hybridized carbons (Fsp3) is 0.222. The van der Waals surface area contributed by atoms with E-state index in [1.807, 2.05) is 0 Å². The second-order valence-corrected chi connectivity index (χ2v) is 3.45. The molecule has 19 heavy (non-hydrogen) atoms. The van der Waals surface area contributed by atoms with Crippen molar-refractivity contribution in [2.45, 2.75) is 6.18 Å². The smallest absolute Gasteiger partial charge is 0.393 e. The van der Waals surface area contributed by atoms with Crippen molar-refractivity contribution in [3.63, 3.8) is 0 Å². The molecule has 0 saturated carbocycles. The summed E-state index contributed by atoms with van der Waals surface area (Å²) in [6.07, 6.45) is -4.67. The third kappa shape index (κ3) is 3.79. The fourth-order valence-electron chi connectivity index (χ4n) is 1.19. The first kappa shape index (κ1) is 14.7. The van der Waals surface area contributed by atoms with Crippen LogP contribution >= 0.6 is 0 Å². The highest BCUT2D eigenvalue weighted by Crippen LogP contribution is 2.25. The number of rotatable bonds is 3. The molecule has 0 saturated heterocycles. The summed E-state index contributed by atoms with van der Waals surface area (Å²) in [6, 6.07) is 0.983. The van der Waals surface area contributed by atoms with Crippen LogP contribution in [0.25, 0.3) is 0 Å². The van der Waals surface area contributed by atoms with Gasteiger partial charge in [-0.25, -0.2) is 4.39 Å². The average Bonchev–Trinajstić information content (AvgIpc) is 2.24. The van der Waals surface area contributed by atoms with Crippen LogP contribution in [-0.2, 0) is 0 Å². The molecule has 0 spiro atoms. The first-order valence-corrected chi connectivity index (χ1v) is 4.70. The zero-order valence-corrected chi connectivity index (χ0v) is 9.12. The molecule has 0 aromatic heterocycles. The molecule has 0 radical (unpaired) electrons. The number of hydrogen-bond acceptors (Lipinski definition) is 4. The largest absolute Gasteiger partial charge is 0.405 e. The topological polar surface area (TPSA) is 98.3 Å². The molecular weight excluding hydrogens is 274 g/mol. The van der Waals surface area contributed by atoms with Crippen molar-refractivity contribution in [2.24, 2.45) is 0 Å². The molecule has 0 aliphatic carbocycles. The molecule has 6 nitrogen and oxygen atoms in total. The number of nitro benzene ring substituents is 1. The van der Waals surface area contributed by atoms with Crippen LogP contribution in [0.3, 0.4) is 0 Å². The van der Waals surface area contributed by atoms with E-state index in [2.05, 4.69) is 0 Å². The number of anilines is 1. The van der Waals surface area contributed by atoms with E-state index in [4.69, 9.17) is 5.73 Å². The van der Waals surface area contributed by atoms with Gasteiger partial charge in [0.25, 0.3) is 11.6 Å². The molecule has 104 valence electrons. The number of alkyl halides is 3. The van der Waals surface area contributed by atoms with Crippen molar-refractivity contribution in [2.75, 3.05) is 12.3 Å². The maximum Gasteiger partial charge on any atom is 0.405 e. The second kappa shape index (κ2) is 5.08. The number of nitrogen functional groups attached to an aromatic ring is 1. The Morgan fingerprint density at radius 2 is 2.00 bits per heavy atom. The zero-order valence-electron chi connectivity index (χ0n) is 9.12. The van der Waals surface area contributed by atoms with Crippen LogP contribution in [0.5, 0.6) is 0 Å². The van der Waals surface area contributed by atoms with E-state index in [1.54, 1.807) is 0 Å². The second-order valence-electron chi connectivity index (χ2n) is 3.45. The molecule has 0 atom stereocenters. The van der Waals surface area contributed by atoms with Gasteiger partial charge in [0, 0.05) is 12.1 Å². The van der Waals surface area contributed by atoms with Gasteiger partial charge in [-0.1, -0.05) is 0 Å². The minimum Gasteiger partial charge on any atom is -0.393 e. The van der Waals surface area contributed by atoms with Gasteiger partial charge in [0.2, 0.25) is 0 Å². The number of nitrogens with zero attached hydrogens (tertiary/aromatic N) is 1. The van der Waals surface area contributed by atoms with Crippen LogP contribution in [0.4, 0.5) is 28.9 Å². The SMILES string of the molecule is Nc1cc(F)c(C(=O)NCC(F)(F)F)cc1[N+](=O)[O-]. The molecule has 0 aliphatic rings. The molecule has 1 aromatic carbocycles. The monoisotopic (exact) mass is 281 g/mol. The minimum absolute atomic E-state index is 0.483. The third-order valence-corrected chi connectivity index (χ3v) is 2.01. The summed E-state index contributed by atoms with van der Waals surface area (Å²) in [5.41, 5.74) is 2.96. The van der Waals surface area contributed by atoms with Crippen LogP contribution in [0.2, 0.25) is 0 Å². The molecule has 1 rings (SSSR count). The van der Waals surface area contributed by atoms with Gasteiger partial charge in [-0.15, -0.1) is 0 Å². The van der Waals surface area contributed by atoms with Crippen molar-refractivity contribution in [3.8, 4) is 0 Å². The molecule has 0 bridgehead atoms. The van der Waals surface area contributed by atoms with Crippen molar-refractivity contribution in [1.29, 1.82) is 0 Å². The predicted octanol–water partition coefficient (Wildman–Crippen LogP) is 1.61. The Kier molecular flexibility index (Phi) is 3.92. The average molecular weight is 281 g/mol. The standard InChI is InChI=1S/C9H7F4N3O3/c10-5-2-6(14)7(16(18)19)1-4(5)8(17)15-3-9(11,12)13/h1-2H,3,14H2,(H,15,17). The Hall–Kier alpha value is -2.39. The molecular formula is C9H7F4N3O3. The quantitative estimate of drug-likeness (QED) is 0.380. The van der Waals surface area contributed by atoms with Crippen molar-refractivity contribution < 1.29 is 27.3 Å². The fourth-order valence-corrected chi connectivity index (χ4v) is 1.19. The van der Waals surface area contributed by atoms with E-state index in [-0.39, 0.29) is 0 Å². The van der Waals surface area contributed by atoms with E-state index in [0.29, 0.717) is 12.1 Å². The maximum atomic E-state index is 13.3. The highest BCUT2D eigenvalue weighted by Gasteiger charge is 2.29. The van der Waals surface area contributed by atoms with Crippen molar-refractivity contribution in [3.05, 3.63) is 33.6 Å². The molecule has 0 aliphatic heterocycles. The number of carbonyl (C=O) groups excluding carboxylic acids is 1. The van der Waals surface area contributed by atoms with E-state index in [9.17, 15) is 32.5 Å². The predicted molar refractivity (Wildman–Crippen MR) is 55.9 cm³/mol. The van der Waals surface area contributed by atoms with Gasteiger partial charge in [-0.3, -0.25) is 14.9 Å². The maximum absolute atomic E-state index is 13.3. The Bertz CT molecular complexity index is 530. The summed E-state index contributed by atoms with van der Waals surface area (Å²) < 4.78 is 48.9. The summed E-state index contributed by atoms with van der Waals surface area (Å²) in [4.78, 5) is 20.8. The summed E-state index contributed by atoms with van der Waals surface area (Å²) in [6.45, 7) is -1.68. The van der Waals surface area contributed by atoms with Gasteiger partial charge < -0.3 is 11.1 Å².